The quantitative estimate of drug-likeness (QED) is 0.717. The molecule has 2 amide bonds. The van der Waals surface area contributed by atoms with Crippen molar-refractivity contribution in [1.29, 1.82) is 0 Å². The molecule has 1 heterocycles. The van der Waals surface area contributed by atoms with Crippen molar-refractivity contribution in [3.63, 3.8) is 0 Å². The molecule has 2 N–H and O–H groups in total. The van der Waals surface area contributed by atoms with Gasteiger partial charge in [0.25, 0.3) is 11.8 Å². The Kier molecular flexibility index (Phi) is 6.85. The van der Waals surface area contributed by atoms with Crippen LogP contribution in [0.15, 0.2) is 42.5 Å². The summed E-state index contributed by atoms with van der Waals surface area (Å²) in [6, 6.07) is 11.4. The van der Waals surface area contributed by atoms with E-state index in [1.807, 2.05) is 0 Å². The van der Waals surface area contributed by atoms with E-state index in [2.05, 4.69) is 10.6 Å². The monoisotopic (exact) mass is 437 g/mol. The minimum atomic E-state index is -0.442. The number of anilines is 1. The second-order valence-corrected chi connectivity index (χ2v) is 7.33. The molecule has 2 aromatic rings. The number of morpholine rings is 1. The molecule has 9 heteroatoms. The van der Waals surface area contributed by atoms with Gasteiger partial charge in [0.1, 0.15) is 0 Å². The van der Waals surface area contributed by atoms with Crippen LogP contribution in [-0.4, -0.2) is 48.1 Å². The summed E-state index contributed by atoms with van der Waals surface area (Å²) in [5.74, 6) is -0.516. The second kappa shape index (κ2) is 9.34. The van der Waals surface area contributed by atoms with Crippen LogP contribution >= 0.6 is 35.4 Å². The predicted octanol–water partition coefficient (Wildman–Crippen LogP) is 3.59. The van der Waals surface area contributed by atoms with Crippen LogP contribution in [-0.2, 0) is 4.74 Å². The fraction of sp³-hybridized carbons (Fsp3) is 0.211. The Morgan fingerprint density at radius 2 is 1.68 bits per heavy atom. The third-order valence-corrected chi connectivity index (χ3v) is 4.66. The molecule has 0 aliphatic carbocycles. The number of nitrogens with zero attached hydrogens (tertiary/aromatic N) is 1. The molecule has 0 bridgehead atoms. The lowest BCUT2D eigenvalue weighted by Crippen LogP contribution is -2.40. The van der Waals surface area contributed by atoms with Gasteiger partial charge in [0.15, 0.2) is 5.11 Å². The highest BCUT2D eigenvalue weighted by Gasteiger charge is 2.19. The van der Waals surface area contributed by atoms with Crippen LogP contribution in [0, 0.1) is 0 Å². The van der Waals surface area contributed by atoms with E-state index in [1.165, 1.54) is 18.2 Å². The maximum Gasteiger partial charge on any atom is 0.257 e. The lowest BCUT2D eigenvalue weighted by atomic mass is 10.1. The van der Waals surface area contributed by atoms with E-state index in [0.717, 1.165) is 0 Å². The third-order valence-electron chi connectivity index (χ3n) is 4.02. The molecule has 146 valence electrons. The molecule has 0 spiro atoms. The molecule has 1 aliphatic rings. The molecule has 3 rings (SSSR count). The highest BCUT2D eigenvalue weighted by Crippen LogP contribution is 2.19. The largest absolute Gasteiger partial charge is 0.378 e. The first kappa shape index (κ1) is 20.5. The van der Waals surface area contributed by atoms with Gasteiger partial charge in [-0.1, -0.05) is 29.3 Å². The van der Waals surface area contributed by atoms with Gasteiger partial charge in [0, 0.05) is 39.9 Å². The van der Waals surface area contributed by atoms with Gasteiger partial charge in [0.05, 0.1) is 13.2 Å². The Morgan fingerprint density at radius 3 is 2.36 bits per heavy atom. The zero-order valence-corrected chi connectivity index (χ0v) is 17.0. The van der Waals surface area contributed by atoms with Gasteiger partial charge in [-0.2, -0.15) is 0 Å². The van der Waals surface area contributed by atoms with Gasteiger partial charge >= 0.3 is 0 Å². The second-order valence-electron chi connectivity index (χ2n) is 6.05. The van der Waals surface area contributed by atoms with Crippen molar-refractivity contribution in [3.8, 4) is 0 Å². The number of benzene rings is 2. The maximum absolute atomic E-state index is 12.6. The lowest BCUT2D eigenvalue weighted by Gasteiger charge is -2.27. The fourth-order valence-corrected chi connectivity index (χ4v) is 3.44. The summed E-state index contributed by atoms with van der Waals surface area (Å²) in [4.78, 5) is 26.6. The van der Waals surface area contributed by atoms with E-state index in [9.17, 15) is 9.59 Å². The molecule has 0 radical (unpaired) electrons. The molecule has 1 fully saturated rings. The molecule has 0 aromatic heterocycles. The van der Waals surface area contributed by atoms with Gasteiger partial charge in [-0.25, -0.2) is 0 Å². The van der Waals surface area contributed by atoms with Crippen LogP contribution < -0.4 is 10.6 Å². The van der Waals surface area contributed by atoms with E-state index in [1.54, 1.807) is 29.2 Å². The van der Waals surface area contributed by atoms with Crippen molar-refractivity contribution < 1.29 is 14.3 Å². The van der Waals surface area contributed by atoms with Crippen LogP contribution in [0.3, 0.4) is 0 Å². The van der Waals surface area contributed by atoms with Gasteiger partial charge in [-0.3, -0.25) is 14.9 Å². The Bertz CT molecular complexity index is 897. The summed E-state index contributed by atoms with van der Waals surface area (Å²) in [6.07, 6.45) is 0. The number of hydrogen-bond donors (Lipinski definition) is 2. The minimum absolute atomic E-state index is 0.0736. The Balaban J connectivity index is 1.64. The number of thiocarbonyl (C=S) groups is 1. The molecule has 0 saturated carbocycles. The first-order chi connectivity index (χ1) is 13.4. The average Bonchev–Trinajstić information content (AvgIpc) is 2.67. The Hall–Kier alpha value is -2.19. The number of halogens is 2. The first-order valence-electron chi connectivity index (χ1n) is 8.48. The number of hydrogen-bond acceptors (Lipinski definition) is 4. The van der Waals surface area contributed by atoms with Gasteiger partial charge in [-0.15, -0.1) is 0 Å². The molecule has 0 atom stereocenters. The summed E-state index contributed by atoms with van der Waals surface area (Å²) in [6.45, 7) is 2.20. The smallest absolute Gasteiger partial charge is 0.257 e. The van der Waals surface area contributed by atoms with E-state index >= 15 is 0 Å². The summed E-state index contributed by atoms with van der Waals surface area (Å²) < 4.78 is 5.27. The molecule has 1 aliphatic heterocycles. The van der Waals surface area contributed by atoms with E-state index in [4.69, 9.17) is 40.2 Å². The van der Waals surface area contributed by atoms with Crippen LogP contribution in [0.4, 0.5) is 5.69 Å². The third kappa shape index (κ3) is 5.42. The van der Waals surface area contributed by atoms with Crippen molar-refractivity contribution in [2.45, 2.75) is 0 Å². The molecular formula is C19H17Cl2N3O3S. The summed E-state index contributed by atoms with van der Waals surface area (Å²) in [7, 11) is 0. The van der Waals surface area contributed by atoms with Crippen molar-refractivity contribution in [2.24, 2.45) is 0 Å². The average molecular weight is 438 g/mol. The highest BCUT2D eigenvalue weighted by atomic mass is 35.5. The van der Waals surface area contributed by atoms with Crippen molar-refractivity contribution in [2.75, 3.05) is 31.6 Å². The molecule has 2 aromatic carbocycles. The van der Waals surface area contributed by atoms with Crippen molar-refractivity contribution >= 4 is 58.0 Å². The normalized spacial score (nSPS) is 13.7. The van der Waals surface area contributed by atoms with Crippen molar-refractivity contribution in [3.05, 3.63) is 63.6 Å². The molecular weight excluding hydrogens is 421 g/mol. The summed E-state index contributed by atoms with van der Waals surface area (Å²) in [5, 5.41) is 6.27. The van der Waals surface area contributed by atoms with Crippen molar-refractivity contribution in [1.82, 2.24) is 10.2 Å². The molecule has 1 saturated heterocycles. The van der Waals surface area contributed by atoms with Crippen LogP contribution in [0.1, 0.15) is 20.7 Å². The van der Waals surface area contributed by atoms with E-state index in [-0.39, 0.29) is 16.6 Å². The predicted molar refractivity (Wildman–Crippen MR) is 113 cm³/mol. The van der Waals surface area contributed by atoms with E-state index in [0.29, 0.717) is 47.6 Å². The number of ether oxygens (including phenoxy) is 1. The number of amides is 2. The minimum Gasteiger partial charge on any atom is -0.378 e. The lowest BCUT2D eigenvalue weighted by molar-refractivity contribution is 0.0303. The zero-order valence-electron chi connectivity index (χ0n) is 14.7. The first-order valence-corrected chi connectivity index (χ1v) is 9.64. The van der Waals surface area contributed by atoms with Gasteiger partial charge in [0.2, 0.25) is 0 Å². The fourth-order valence-electron chi connectivity index (χ4n) is 2.70. The van der Waals surface area contributed by atoms with Gasteiger partial charge < -0.3 is 15.0 Å². The SMILES string of the molecule is O=C(NC(=S)Nc1cccc(C(=O)N2CCOCC2)c1)c1cc(Cl)cc(Cl)c1. The van der Waals surface area contributed by atoms with Gasteiger partial charge in [-0.05, 0) is 48.6 Å². The maximum atomic E-state index is 12.6. The Labute approximate surface area is 177 Å². The number of nitrogens with one attached hydrogen (secondary N) is 2. The number of carbonyl (C=O) groups is 2. The standard InChI is InChI=1S/C19H17Cl2N3O3S/c20-14-8-13(9-15(21)11-14)17(25)23-19(28)22-16-3-1-2-12(10-16)18(26)24-4-6-27-7-5-24/h1-3,8-11H,4-7H2,(H2,22,23,25,28). The zero-order chi connectivity index (χ0) is 20.1. The van der Waals surface area contributed by atoms with Crippen LogP contribution in [0.2, 0.25) is 10.0 Å². The van der Waals surface area contributed by atoms with Crippen LogP contribution in [0.25, 0.3) is 0 Å². The number of carbonyl (C=O) groups excluding carboxylic acids is 2. The topological polar surface area (TPSA) is 70.7 Å². The summed E-state index contributed by atoms with van der Waals surface area (Å²) >= 11 is 17.0. The number of rotatable bonds is 3. The van der Waals surface area contributed by atoms with Crippen LogP contribution in [0.5, 0.6) is 0 Å². The highest BCUT2D eigenvalue weighted by molar-refractivity contribution is 7.80. The summed E-state index contributed by atoms with van der Waals surface area (Å²) in [5.41, 5.74) is 1.41. The molecule has 28 heavy (non-hydrogen) atoms. The van der Waals surface area contributed by atoms with E-state index < -0.39 is 5.91 Å². The molecule has 6 nitrogen and oxygen atoms in total. The Morgan fingerprint density at radius 1 is 1.00 bits per heavy atom. The molecule has 0 unspecified atom stereocenters.